The van der Waals surface area contributed by atoms with Crippen LogP contribution in [0.15, 0.2) is 59.5 Å². The Hall–Kier alpha value is -1.87. The molecule has 0 fully saturated rings. The summed E-state index contributed by atoms with van der Waals surface area (Å²) in [4.78, 5) is 23.9. The lowest BCUT2D eigenvalue weighted by Gasteiger charge is -2.01. The van der Waals surface area contributed by atoms with Gasteiger partial charge in [0.15, 0.2) is 5.78 Å². The monoisotopic (exact) mass is 256 g/mol. The first-order chi connectivity index (χ1) is 8.66. The molecule has 0 aliphatic heterocycles. The Bertz CT molecular complexity index is 559. The molecule has 0 N–H and O–H groups in total. The predicted octanol–water partition coefficient (Wildman–Crippen LogP) is 3.82. The van der Waals surface area contributed by atoms with Crippen LogP contribution in [0.5, 0.6) is 0 Å². The topological polar surface area (TPSA) is 34.1 Å². The summed E-state index contributed by atoms with van der Waals surface area (Å²) in [6.45, 7) is 1.53. The number of hydrogen-bond donors (Lipinski definition) is 0. The van der Waals surface area contributed by atoms with Gasteiger partial charge in [-0.1, -0.05) is 42.5 Å². The summed E-state index contributed by atoms with van der Waals surface area (Å²) in [5.41, 5.74) is 1.34. The van der Waals surface area contributed by atoms with Crippen LogP contribution in [0, 0.1) is 0 Å². The molecule has 2 aromatic carbocycles. The highest BCUT2D eigenvalue weighted by atomic mass is 32.2. The Morgan fingerprint density at radius 3 is 2.00 bits per heavy atom. The van der Waals surface area contributed by atoms with Gasteiger partial charge in [0.25, 0.3) is 0 Å². The fourth-order valence-electron chi connectivity index (χ4n) is 1.50. The summed E-state index contributed by atoms with van der Waals surface area (Å²) >= 11 is 1.17. The van der Waals surface area contributed by atoms with Crippen LogP contribution in [0.2, 0.25) is 0 Å². The molecule has 18 heavy (non-hydrogen) atoms. The van der Waals surface area contributed by atoms with Crippen LogP contribution in [0.4, 0.5) is 0 Å². The van der Waals surface area contributed by atoms with Gasteiger partial charge in [0.05, 0.1) is 0 Å². The normalized spacial score (nSPS) is 10.1. The van der Waals surface area contributed by atoms with Crippen LogP contribution in [0.3, 0.4) is 0 Å². The number of thioether (sulfide) groups is 1. The van der Waals surface area contributed by atoms with Gasteiger partial charge in [-0.25, -0.2) is 0 Å². The van der Waals surface area contributed by atoms with Gasteiger partial charge in [-0.2, -0.15) is 0 Å². The second-order valence-electron chi connectivity index (χ2n) is 3.84. The van der Waals surface area contributed by atoms with Crippen LogP contribution < -0.4 is 0 Å². The van der Waals surface area contributed by atoms with E-state index in [2.05, 4.69) is 0 Å². The van der Waals surface area contributed by atoms with E-state index in [4.69, 9.17) is 0 Å². The van der Waals surface area contributed by atoms with E-state index >= 15 is 0 Å². The second-order valence-corrected chi connectivity index (χ2v) is 4.88. The van der Waals surface area contributed by atoms with Crippen molar-refractivity contribution in [2.75, 3.05) is 0 Å². The van der Waals surface area contributed by atoms with Gasteiger partial charge >= 0.3 is 0 Å². The van der Waals surface area contributed by atoms with Crippen molar-refractivity contribution in [3.05, 3.63) is 65.7 Å². The van der Waals surface area contributed by atoms with Crippen molar-refractivity contribution < 1.29 is 9.59 Å². The molecule has 0 saturated carbocycles. The number of ketones is 1. The number of rotatable bonds is 3. The van der Waals surface area contributed by atoms with Crippen molar-refractivity contribution in [2.24, 2.45) is 0 Å². The maximum absolute atomic E-state index is 11.9. The molecule has 0 radical (unpaired) electrons. The van der Waals surface area contributed by atoms with E-state index < -0.39 is 0 Å². The molecule has 0 unspecified atom stereocenters. The van der Waals surface area contributed by atoms with E-state index in [-0.39, 0.29) is 10.9 Å². The minimum absolute atomic E-state index is 0.00572. The summed E-state index contributed by atoms with van der Waals surface area (Å²) in [5.74, 6) is 0.0286. The Morgan fingerprint density at radius 2 is 1.44 bits per heavy atom. The largest absolute Gasteiger partial charge is 0.295 e. The van der Waals surface area contributed by atoms with Crippen LogP contribution >= 0.6 is 11.8 Å². The average Bonchev–Trinajstić information content (AvgIpc) is 2.40. The molecule has 0 aliphatic rings. The van der Waals surface area contributed by atoms with Gasteiger partial charge in [-0.05, 0) is 30.8 Å². The van der Waals surface area contributed by atoms with E-state index in [0.29, 0.717) is 11.1 Å². The highest BCUT2D eigenvalue weighted by molar-refractivity contribution is 8.14. The van der Waals surface area contributed by atoms with Crippen molar-refractivity contribution in [2.45, 2.75) is 11.8 Å². The average molecular weight is 256 g/mol. The molecule has 0 heterocycles. The zero-order valence-corrected chi connectivity index (χ0v) is 10.7. The molecule has 3 heteroatoms. The molecule has 0 bridgehead atoms. The molecule has 0 spiro atoms. The van der Waals surface area contributed by atoms with Crippen LogP contribution in [-0.2, 0) is 0 Å². The van der Waals surface area contributed by atoms with Gasteiger partial charge < -0.3 is 0 Å². The Balaban J connectivity index is 2.10. The number of carbonyl (C=O) groups is 2. The van der Waals surface area contributed by atoms with E-state index in [1.54, 1.807) is 36.4 Å². The van der Waals surface area contributed by atoms with Crippen molar-refractivity contribution in [1.29, 1.82) is 0 Å². The van der Waals surface area contributed by atoms with Gasteiger partial charge in [0.1, 0.15) is 0 Å². The number of benzene rings is 2. The molecule has 0 atom stereocenters. The summed E-state index contributed by atoms with van der Waals surface area (Å²) in [6, 6.07) is 16.2. The van der Waals surface area contributed by atoms with E-state index in [1.165, 1.54) is 18.7 Å². The van der Waals surface area contributed by atoms with E-state index in [9.17, 15) is 9.59 Å². The SMILES string of the molecule is CC(=O)c1ccc(SC(=O)c2ccccc2)cc1. The summed E-state index contributed by atoms with van der Waals surface area (Å²) in [5, 5.41) is 0.00572. The predicted molar refractivity (Wildman–Crippen MR) is 73.1 cm³/mol. The first-order valence-electron chi connectivity index (χ1n) is 5.55. The highest BCUT2D eigenvalue weighted by Crippen LogP contribution is 2.23. The van der Waals surface area contributed by atoms with E-state index in [1.807, 2.05) is 18.2 Å². The molecule has 2 aromatic rings. The maximum atomic E-state index is 11.9. The molecule has 0 saturated heterocycles. The van der Waals surface area contributed by atoms with Gasteiger partial charge in [-0.3, -0.25) is 9.59 Å². The first-order valence-corrected chi connectivity index (χ1v) is 6.37. The van der Waals surface area contributed by atoms with Crippen molar-refractivity contribution >= 4 is 22.7 Å². The molecule has 0 amide bonds. The molecular weight excluding hydrogens is 244 g/mol. The molecule has 90 valence electrons. The fraction of sp³-hybridized carbons (Fsp3) is 0.0667. The lowest BCUT2D eigenvalue weighted by Crippen LogP contribution is -1.94. The third-order valence-corrected chi connectivity index (χ3v) is 3.41. The minimum Gasteiger partial charge on any atom is -0.295 e. The van der Waals surface area contributed by atoms with Crippen LogP contribution in [-0.4, -0.2) is 10.9 Å². The number of carbonyl (C=O) groups excluding carboxylic acids is 2. The third kappa shape index (κ3) is 3.08. The second kappa shape index (κ2) is 5.65. The highest BCUT2D eigenvalue weighted by Gasteiger charge is 2.07. The zero-order valence-electron chi connectivity index (χ0n) is 9.92. The smallest absolute Gasteiger partial charge is 0.224 e. The molecule has 2 nitrogen and oxygen atoms in total. The Kier molecular flexibility index (Phi) is 3.95. The lowest BCUT2D eigenvalue weighted by molar-refractivity contribution is 0.101. The Labute approximate surface area is 110 Å². The van der Waals surface area contributed by atoms with Gasteiger partial charge in [-0.15, -0.1) is 0 Å². The van der Waals surface area contributed by atoms with Gasteiger partial charge in [0.2, 0.25) is 5.12 Å². The Morgan fingerprint density at radius 1 is 0.833 bits per heavy atom. The first kappa shape index (κ1) is 12.6. The lowest BCUT2D eigenvalue weighted by atomic mass is 10.2. The molecule has 2 rings (SSSR count). The maximum Gasteiger partial charge on any atom is 0.224 e. The summed E-state index contributed by atoms with van der Waals surface area (Å²) in [6.07, 6.45) is 0. The standard InChI is InChI=1S/C15H12O2S/c1-11(16)12-7-9-14(10-8-12)18-15(17)13-5-3-2-4-6-13/h2-10H,1H3. The molecule has 0 aliphatic carbocycles. The fourth-order valence-corrected chi connectivity index (χ4v) is 2.24. The van der Waals surface area contributed by atoms with E-state index in [0.717, 1.165) is 4.90 Å². The van der Waals surface area contributed by atoms with Crippen molar-refractivity contribution in [3.63, 3.8) is 0 Å². The zero-order chi connectivity index (χ0) is 13.0. The number of hydrogen-bond acceptors (Lipinski definition) is 3. The third-order valence-electron chi connectivity index (χ3n) is 2.48. The van der Waals surface area contributed by atoms with Crippen molar-refractivity contribution in [1.82, 2.24) is 0 Å². The molecule has 0 aromatic heterocycles. The summed E-state index contributed by atoms with van der Waals surface area (Å²) in [7, 11) is 0. The van der Waals surface area contributed by atoms with Gasteiger partial charge in [0, 0.05) is 16.0 Å². The van der Waals surface area contributed by atoms with Crippen LogP contribution in [0.1, 0.15) is 27.6 Å². The van der Waals surface area contributed by atoms with Crippen LogP contribution in [0.25, 0.3) is 0 Å². The number of Topliss-reactive ketones (excluding diaryl/α,β-unsaturated/α-hetero) is 1. The molecular formula is C15H12O2S. The van der Waals surface area contributed by atoms with Crippen molar-refractivity contribution in [3.8, 4) is 0 Å². The quantitative estimate of drug-likeness (QED) is 0.618. The summed E-state index contributed by atoms with van der Waals surface area (Å²) < 4.78 is 0. The minimum atomic E-state index is 0.00572.